The van der Waals surface area contributed by atoms with Crippen molar-refractivity contribution in [3.8, 4) is 0 Å². The Hall–Kier alpha value is -0.570. The van der Waals surface area contributed by atoms with E-state index in [0.29, 0.717) is 6.42 Å². The molecule has 1 aliphatic carbocycles. The van der Waals surface area contributed by atoms with Crippen molar-refractivity contribution in [1.82, 2.24) is 4.90 Å². The van der Waals surface area contributed by atoms with Crippen molar-refractivity contribution in [2.45, 2.75) is 44.1 Å². The van der Waals surface area contributed by atoms with Crippen LogP contribution in [0.25, 0.3) is 0 Å². The average molecular weight is 183 g/mol. The first-order chi connectivity index (χ1) is 6.28. The lowest BCUT2D eigenvalue weighted by molar-refractivity contribution is -0.134. The van der Waals surface area contributed by atoms with Gasteiger partial charge in [-0.15, -0.1) is 0 Å². The summed E-state index contributed by atoms with van der Waals surface area (Å²) in [5, 5.41) is 9.40. The van der Waals surface area contributed by atoms with Crippen LogP contribution >= 0.6 is 0 Å². The van der Waals surface area contributed by atoms with Gasteiger partial charge in [0.15, 0.2) is 0 Å². The molecule has 0 bridgehead atoms. The molecule has 2 rings (SSSR count). The summed E-state index contributed by atoms with van der Waals surface area (Å²) < 4.78 is 0. The molecule has 0 aromatic rings. The van der Waals surface area contributed by atoms with E-state index >= 15 is 0 Å². The number of aliphatic hydroxyl groups is 1. The normalized spacial score (nSPS) is 27.2. The zero-order valence-electron chi connectivity index (χ0n) is 7.96. The number of aliphatic hydroxyl groups excluding tert-OH is 1. The lowest BCUT2D eigenvalue weighted by atomic mass is 9.97. The summed E-state index contributed by atoms with van der Waals surface area (Å²) in [6.45, 7) is 1.01. The fourth-order valence-corrected chi connectivity index (χ4v) is 2.70. The van der Waals surface area contributed by atoms with E-state index in [0.717, 1.165) is 38.6 Å². The van der Waals surface area contributed by atoms with Crippen LogP contribution in [0.1, 0.15) is 38.5 Å². The number of carbonyl (C=O) groups is 1. The third-order valence-corrected chi connectivity index (χ3v) is 3.47. The van der Waals surface area contributed by atoms with E-state index < -0.39 is 0 Å². The molecule has 1 amide bonds. The first-order valence-electron chi connectivity index (χ1n) is 5.20. The standard InChI is InChI=1S/C10H17NO2/c12-8-10(5-1-2-6-10)11-7-3-4-9(11)13/h12H,1-8H2. The Kier molecular flexibility index (Phi) is 2.28. The molecule has 1 heterocycles. The molecular weight excluding hydrogens is 166 g/mol. The van der Waals surface area contributed by atoms with Gasteiger partial charge in [0.05, 0.1) is 12.1 Å². The van der Waals surface area contributed by atoms with Gasteiger partial charge in [0.2, 0.25) is 5.91 Å². The molecular formula is C10H17NO2. The molecule has 0 aromatic carbocycles. The Labute approximate surface area is 78.7 Å². The third-order valence-electron chi connectivity index (χ3n) is 3.47. The van der Waals surface area contributed by atoms with Crippen molar-refractivity contribution in [3.05, 3.63) is 0 Å². The maximum atomic E-state index is 11.5. The first kappa shape index (κ1) is 9.00. The van der Waals surface area contributed by atoms with Crippen LogP contribution in [0.4, 0.5) is 0 Å². The highest BCUT2D eigenvalue weighted by molar-refractivity contribution is 5.79. The van der Waals surface area contributed by atoms with Gasteiger partial charge in [-0.3, -0.25) is 4.79 Å². The summed E-state index contributed by atoms with van der Waals surface area (Å²) in [6.07, 6.45) is 5.96. The maximum absolute atomic E-state index is 11.5. The minimum absolute atomic E-state index is 0.152. The van der Waals surface area contributed by atoms with Crippen molar-refractivity contribution in [1.29, 1.82) is 0 Å². The number of hydrogen-bond donors (Lipinski definition) is 1. The summed E-state index contributed by atoms with van der Waals surface area (Å²) in [4.78, 5) is 13.5. The number of carbonyl (C=O) groups excluding carboxylic acids is 1. The summed E-state index contributed by atoms with van der Waals surface area (Å²) >= 11 is 0. The Balaban J connectivity index is 2.15. The van der Waals surface area contributed by atoms with Crippen molar-refractivity contribution < 1.29 is 9.90 Å². The summed E-state index contributed by atoms with van der Waals surface area (Å²) in [6, 6.07) is 0. The second-order valence-corrected chi connectivity index (χ2v) is 4.24. The Morgan fingerprint density at radius 2 is 2.00 bits per heavy atom. The highest BCUT2D eigenvalue weighted by Gasteiger charge is 2.42. The lowest BCUT2D eigenvalue weighted by Crippen LogP contribution is -2.50. The molecule has 1 aliphatic heterocycles. The zero-order valence-corrected chi connectivity index (χ0v) is 7.96. The van der Waals surface area contributed by atoms with Crippen LogP contribution in [0.15, 0.2) is 0 Å². The van der Waals surface area contributed by atoms with E-state index in [1.807, 2.05) is 4.90 Å². The van der Waals surface area contributed by atoms with Crippen LogP contribution < -0.4 is 0 Å². The maximum Gasteiger partial charge on any atom is 0.223 e. The fourth-order valence-electron chi connectivity index (χ4n) is 2.70. The smallest absolute Gasteiger partial charge is 0.223 e. The molecule has 74 valence electrons. The number of rotatable bonds is 2. The molecule has 3 heteroatoms. The van der Waals surface area contributed by atoms with Crippen molar-refractivity contribution >= 4 is 5.91 Å². The van der Waals surface area contributed by atoms with Gasteiger partial charge in [-0.05, 0) is 19.3 Å². The van der Waals surface area contributed by atoms with Gasteiger partial charge in [0, 0.05) is 13.0 Å². The van der Waals surface area contributed by atoms with Crippen LogP contribution in [0.3, 0.4) is 0 Å². The van der Waals surface area contributed by atoms with E-state index in [4.69, 9.17) is 0 Å². The van der Waals surface area contributed by atoms with Crippen LogP contribution in [0.2, 0.25) is 0 Å². The van der Waals surface area contributed by atoms with E-state index in [1.54, 1.807) is 0 Å². The van der Waals surface area contributed by atoms with Crippen LogP contribution in [0, 0.1) is 0 Å². The predicted molar refractivity (Wildman–Crippen MR) is 49.2 cm³/mol. The molecule has 0 atom stereocenters. The minimum atomic E-state index is -0.173. The Morgan fingerprint density at radius 1 is 1.31 bits per heavy atom. The molecule has 13 heavy (non-hydrogen) atoms. The van der Waals surface area contributed by atoms with E-state index in [2.05, 4.69) is 0 Å². The SMILES string of the molecule is O=C1CCCN1C1(CO)CCCC1. The molecule has 1 N–H and O–H groups in total. The van der Waals surface area contributed by atoms with Crippen molar-refractivity contribution in [3.63, 3.8) is 0 Å². The average Bonchev–Trinajstić information content (AvgIpc) is 2.73. The number of hydrogen-bond acceptors (Lipinski definition) is 2. The van der Waals surface area contributed by atoms with Gasteiger partial charge in [-0.25, -0.2) is 0 Å². The first-order valence-corrected chi connectivity index (χ1v) is 5.20. The Bertz CT molecular complexity index is 209. The number of nitrogens with zero attached hydrogens (tertiary/aromatic N) is 1. The summed E-state index contributed by atoms with van der Waals surface area (Å²) in [5.74, 6) is 0.246. The highest BCUT2D eigenvalue weighted by Crippen LogP contribution is 2.37. The molecule has 2 fully saturated rings. The quantitative estimate of drug-likeness (QED) is 0.691. The zero-order chi connectivity index (χ0) is 9.31. The molecule has 0 radical (unpaired) electrons. The number of amides is 1. The molecule has 1 saturated heterocycles. The minimum Gasteiger partial charge on any atom is -0.394 e. The fraction of sp³-hybridized carbons (Fsp3) is 0.900. The monoisotopic (exact) mass is 183 g/mol. The molecule has 0 aromatic heterocycles. The largest absolute Gasteiger partial charge is 0.394 e. The van der Waals surface area contributed by atoms with Gasteiger partial charge in [-0.2, -0.15) is 0 Å². The second kappa shape index (κ2) is 3.29. The van der Waals surface area contributed by atoms with Gasteiger partial charge >= 0.3 is 0 Å². The molecule has 3 nitrogen and oxygen atoms in total. The van der Waals surface area contributed by atoms with Crippen LogP contribution in [-0.4, -0.2) is 34.6 Å². The van der Waals surface area contributed by atoms with E-state index in [1.165, 1.54) is 0 Å². The van der Waals surface area contributed by atoms with Gasteiger partial charge in [-0.1, -0.05) is 12.8 Å². The molecule has 2 aliphatic rings. The van der Waals surface area contributed by atoms with E-state index in [9.17, 15) is 9.90 Å². The van der Waals surface area contributed by atoms with Crippen molar-refractivity contribution in [2.24, 2.45) is 0 Å². The highest BCUT2D eigenvalue weighted by atomic mass is 16.3. The number of likely N-dealkylation sites (tertiary alicyclic amines) is 1. The van der Waals surface area contributed by atoms with Gasteiger partial charge in [0.25, 0.3) is 0 Å². The van der Waals surface area contributed by atoms with Gasteiger partial charge < -0.3 is 10.0 Å². The molecule has 1 saturated carbocycles. The van der Waals surface area contributed by atoms with Crippen molar-refractivity contribution in [2.75, 3.05) is 13.2 Å². The van der Waals surface area contributed by atoms with Crippen LogP contribution in [0.5, 0.6) is 0 Å². The topological polar surface area (TPSA) is 40.5 Å². The van der Waals surface area contributed by atoms with Gasteiger partial charge in [0.1, 0.15) is 0 Å². The van der Waals surface area contributed by atoms with E-state index in [-0.39, 0.29) is 18.1 Å². The predicted octanol–water partition coefficient (Wildman–Crippen LogP) is 0.914. The third kappa shape index (κ3) is 1.35. The van der Waals surface area contributed by atoms with Crippen LogP contribution in [-0.2, 0) is 4.79 Å². The Morgan fingerprint density at radius 3 is 2.46 bits per heavy atom. The molecule has 0 spiro atoms. The second-order valence-electron chi connectivity index (χ2n) is 4.24. The molecule has 0 unspecified atom stereocenters. The lowest BCUT2D eigenvalue weighted by Gasteiger charge is -2.37. The summed E-state index contributed by atoms with van der Waals surface area (Å²) in [5.41, 5.74) is -0.173. The summed E-state index contributed by atoms with van der Waals surface area (Å²) in [7, 11) is 0.